The molecule has 1 aliphatic carbocycles. The van der Waals surface area contributed by atoms with Gasteiger partial charge in [0.2, 0.25) is 15.9 Å². The fraction of sp³-hybridized carbons (Fsp3) is 0.421. The van der Waals surface area contributed by atoms with Crippen LogP contribution < -0.4 is 10.6 Å². The molecule has 29 heavy (non-hydrogen) atoms. The number of amides is 3. The number of hydrogen-bond acceptors (Lipinski definition) is 6. The summed E-state index contributed by atoms with van der Waals surface area (Å²) in [6.07, 6.45) is 3.33. The minimum Gasteiger partial charge on any atom is -0.353 e. The Morgan fingerprint density at radius 2 is 1.66 bits per heavy atom. The van der Waals surface area contributed by atoms with Crippen molar-refractivity contribution in [2.75, 3.05) is 18.4 Å². The zero-order valence-electron chi connectivity index (χ0n) is 15.6. The number of nitrogens with one attached hydrogen (secondary N) is 2. The van der Waals surface area contributed by atoms with E-state index in [-0.39, 0.29) is 27.7 Å². The lowest BCUT2D eigenvalue weighted by Gasteiger charge is -2.30. The standard InChI is InChI=1S/C19H20FN5O3S/c20-12-1-3-13(4-2-12)22-16(27)17-23-24-18(29-17)19(28)25-9-7-11(8-10-25)15(26)21-14-5-6-14/h1-4,11,14H,5-10H2,(H,21,26)(H,22,27). The van der Waals surface area contributed by atoms with Gasteiger partial charge in [-0.15, -0.1) is 10.2 Å². The van der Waals surface area contributed by atoms with Crippen molar-refractivity contribution in [2.24, 2.45) is 5.92 Å². The number of rotatable bonds is 5. The first-order valence-corrected chi connectivity index (χ1v) is 10.3. The van der Waals surface area contributed by atoms with Crippen LogP contribution >= 0.6 is 11.3 Å². The largest absolute Gasteiger partial charge is 0.353 e. The summed E-state index contributed by atoms with van der Waals surface area (Å²) in [6, 6.07) is 5.68. The first-order chi connectivity index (χ1) is 14.0. The molecule has 0 bridgehead atoms. The molecule has 2 heterocycles. The van der Waals surface area contributed by atoms with Crippen molar-refractivity contribution in [3.63, 3.8) is 0 Å². The third-order valence-electron chi connectivity index (χ3n) is 4.98. The fourth-order valence-electron chi connectivity index (χ4n) is 3.15. The van der Waals surface area contributed by atoms with Crippen molar-refractivity contribution in [1.82, 2.24) is 20.4 Å². The van der Waals surface area contributed by atoms with Crippen LogP contribution in [0.4, 0.5) is 10.1 Å². The first-order valence-electron chi connectivity index (χ1n) is 9.49. The van der Waals surface area contributed by atoms with Gasteiger partial charge in [-0.1, -0.05) is 11.3 Å². The van der Waals surface area contributed by atoms with E-state index in [1.807, 2.05) is 0 Å². The highest BCUT2D eigenvalue weighted by Crippen LogP contribution is 2.24. The first kappa shape index (κ1) is 19.4. The molecule has 1 aromatic heterocycles. The molecule has 1 aliphatic heterocycles. The molecule has 1 aromatic carbocycles. The molecule has 0 spiro atoms. The van der Waals surface area contributed by atoms with Gasteiger partial charge in [-0.2, -0.15) is 0 Å². The van der Waals surface area contributed by atoms with E-state index in [2.05, 4.69) is 20.8 Å². The average molecular weight is 417 g/mol. The highest BCUT2D eigenvalue weighted by Gasteiger charge is 2.32. The van der Waals surface area contributed by atoms with Crippen LogP contribution in [-0.4, -0.2) is 52.0 Å². The number of likely N-dealkylation sites (tertiary alicyclic amines) is 1. The minimum absolute atomic E-state index is 0.0522. The minimum atomic E-state index is -0.511. The Morgan fingerprint density at radius 1 is 1.00 bits per heavy atom. The van der Waals surface area contributed by atoms with Crippen molar-refractivity contribution in [3.8, 4) is 0 Å². The normalized spacial score (nSPS) is 17.1. The van der Waals surface area contributed by atoms with Gasteiger partial charge in [0, 0.05) is 30.7 Å². The molecular formula is C19H20FN5O3S. The topological polar surface area (TPSA) is 104 Å². The molecule has 4 rings (SSSR count). The fourth-order valence-corrected chi connectivity index (χ4v) is 3.85. The smallest absolute Gasteiger partial charge is 0.286 e. The lowest BCUT2D eigenvalue weighted by molar-refractivity contribution is -0.126. The summed E-state index contributed by atoms with van der Waals surface area (Å²) in [7, 11) is 0. The predicted octanol–water partition coefficient (Wildman–Crippen LogP) is 2.06. The predicted molar refractivity (Wildman–Crippen MR) is 104 cm³/mol. The van der Waals surface area contributed by atoms with E-state index in [9.17, 15) is 18.8 Å². The Labute approximate surface area is 170 Å². The highest BCUT2D eigenvalue weighted by atomic mass is 32.1. The number of nitrogens with zero attached hydrogens (tertiary/aromatic N) is 3. The highest BCUT2D eigenvalue weighted by molar-refractivity contribution is 7.15. The lowest BCUT2D eigenvalue weighted by atomic mass is 9.96. The van der Waals surface area contributed by atoms with Gasteiger partial charge in [0.1, 0.15) is 5.82 Å². The third kappa shape index (κ3) is 4.76. The SMILES string of the molecule is O=C(Nc1ccc(F)cc1)c1nnc(C(=O)N2CCC(C(=O)NC3CC3)CC2)s1. The molecule has 1 saturated heterocycles. The van der Waals surface area contributed by atoms with Crippen molar-refractivity contribution in [2.45, 2.75) is 31.7 Å². The molecule has 2 aliphatic rings. The van der Waals surface area contributed by atoms with Crippen molar-refractivity contribution in [3.05, 3.63) is 40.1 Å². The van der Waals surface area contributed by atoms with E-state index in [4.69, 9.17) is 0 Å². The van der Waals surface area contributed by atoms with E-state index in [0.717, 1.165) is 24.2 Å². The number of anilines is 1. The van der Waals surface area contributed by atoms with E-state index >= 15 is 0 Å². The Bertz CT molecular complexity index is 920. The van der Waals surface area contributed by atoms with E-state index in [0.29, 0.717) is 37.7 Å². The van der Waals surface area contributed by atoms with Crippen LogP contribution in [-0.2, 0) is 4.79 Å². The number of piperidine rings is 1. The second-order valence-corrected chi connectivity index (χ2v) is 8.20. The summed E-state index contributed by atoms with van der Waals surface area (Å²) in [5, 5.41) is 13.4. The quantitative estimate of drug-likeness (QED) is 0.775. The zero-order chi connectivity index (χ0) is 20.4. The van der Waals surface area contributed by atoms with E-state index < -0.39 is 11.7 Å². The summed E-state index contributed by atoms with van der Waals surface area (Å²) in [5.74, 6) is -1.19. The summed E-state index contributed by atoms with van der Waals surface area (Å²) < 4.78 is 12.9. The maximum absolute atomic E-state index is 12.9. The van der Waals surface area contributed by atoms with E-state index in [1.54, 1.807) is 4.90 Å². The van der Waals surface area contributed by atoms with Crippen molar-refractivity contribution >= 4 is 34.7 Å². The van der Waals surface area contributed by atoms with Crippen LogP contribution in [0.2, 0.25) is 0 Å². The van der Waals surface area contributed by atoms with Crippen molar-refractivity contribution < 1.29 is 18.8 Å². The van der Waals surface area contributed by atoms with Crippen LogP contribution in [0.1, 0.15) is 45.3 Å². The number of hydrogen-bond donors (Lipinski definition) is 2. The number of benzene rings is 1. The number of carbonyl (C=O) groups excluding carboxylic acids is 3. The summed E-state index contributed by atoms with van der Waals surface area (Å²) in [5.41, 5.74) is 0.422. The second kappa shape index (κ2) is 8.24. The second-order valence-electron chi connectivity index (χ2n) is 7.22. The van der Waals surface area contributed by atoms with Gasteiger partial charge < -0.3 is 15.5 Å². The maximum Gasteiger partial charge on any atom is 0.286 e. The van der Waals surface area contributed by atoms with Crippen LogP contribution in [0.3, 0.4) is 0 Å². The molecule has 0 radical (unpaired) electrons. The molecule has 2 fully saturated rings. The Balaban J connectivity index is 1.31. The Hall–Kier alpha value is -2.88. The number of halogens is 1. The van der Waals surface area contributed by atoms with Gasteiger partial charge in [0.25, 0.3) is 11.8 Å². The maximum atomic E-state index is 12.9. The summed E-state index contributed by atoms with van der Waals surface area (Å²) in [4.78, 5) is 38.7. The Kier molecular flexibility index (Phi) is 5.52. The molecule has 8 nitrogen and oxygen atoms in total. The van der Waals surface area contributed by atoms with Crippen LogP contribution in [0.15, 0.2) is 24.3 Å². The van der Waals surface area contributed by atoms with Crippen LogP contribution in [0.25, 0.3) is 0 Å². The van der Waals surface area contributed by atoms with Gasteiger partial charge >= 0.3 is 0 Å². The van der Waals surface area contributed by atoms with Gasteiger partial charge in [0.15, 0.2) is 0 Å². The molecule has 0 unspecified atom stereocenters. The van der Waals surface area contributed by atoms with E-state index in [1.165, 1.54) is 24.3 Å². The van der Waals surface area contributed by atoms with Gasteiger partial charge in [-0.3, -0.25) is 14.4 Å². The summed E-state index contributed by atoms with van der Waals surface area (Å²) in [6.45, 7) is 0.941. The lowest BCUT2D eigenvalue weighted by Crippen LogP contribution is -2.43. The molecular weight excluding hydrogens is 397 g/mol. The average Bonchev–Trinajstić information content (AvgIpc) is 3.40. The van der Waals surface area contributed by atoms with Gasteiger partial charge in [0.05, 0.1) is 0 Å². The monoisotopic (exact) mass is 417 g/mol. The van der Waals surface area contributed by atoms with Crippen molar-refractivity contribution in [1.29, 1.82) is 0 Å². The van der Waals surface area contributed by atoms with Gasteiger partial charge in [-0.05, 0) is 49.9 Å². The number of carbonyl (C=O) groups is 3. The molecule has 1 saturated carbocycles. The molecule has 0 atom stereocenters. The van der Waals surface area contributed by atoms with Gasteiger partial charge in [-0.25, -0.2) is 4.39 Å². The number of aromatic nitrogens is 2. The molecule has 2 aromatic rings. The molecule has 2 N–H and O–H groups in total. The van der Waals surface area contributed by atoms with Crippen LogP contribution in [0, 0.1) is 11.7 Å². The zero-order valence-corrected chi connectivity index (χ0v) is 16.4. The van der Waals surface area contributed by atoms with Crippen LogP contribution in [0.5, 0.6) is 0 Å². The Morgan fingerprint density at radius 3 is 2.31 bits per heavy atom. The molecule has 10 heteroatoms. The summed E-state index contributed by atoms with van der Waals surface area (Å²) >= 11 is 0.910. The third-order valence-corrected chi connectivity index (χ3v) is 5.89. The molecule has 152 valence electrons. The molecule has 3 amide bonds.